The van der Waals surface area contributed by atoms with Crippen molar-refractivity contribution in [2.45, 2.75) is 19.8 Å². The van der Waals surface area contributed by atoms with Gasteiger partial charge in [0.1, 0.15) is 11.5 Å². The molecule has 0 heterocycles. The molecule has 0 atom stereocenters. The van der Waals surface area contributed by atoms with Crippen LogP contribution in [0.25, 0.3) is 0 Å². The lowest BCUT2D eigenvalue weighted by Gasteiger charge is -2.08. The van der Waals surface area contributed by atoms with Crippen molar-refractivity contribution in [3.05, 3.63) is 59.7 Å². The Morgan fingerprint density at radius 3 is 2.64 bits per heavy atom. The number of phenols is 1. The highest BCUT2D eigenvalue weighted by atomic mass is 16.5. The topological polar surface area (TPSA) is 58.6 Å². The molecule has 0 saturated carbocycles. The minimum atomic E-state index is -0.138. The Balaban J connectivity index is 1.70. The van der Waals surface area contributed by atoms with Crippen molar-refractivity contribution in [2.24, 2.45) is 0 Å². The van der Waals surface area contributed by atoms with E-state index in [1.807, 2.05) is 36.4 Å². The molecule has 2 aromatic carbocycles. The summed E-state index contributed by atoms with van der Waals surface area (Å²) >= 11 is 0. The first kappa shape index (κ1) is 15.9. The first-order valence-electron chi connectivity index (χ1n) is 7.43. The molecule has 116 valence electrons. The van der Waals surface area contributed by atoms with Crippen LogP contribution in [0.2, 0.25) is 0 Å². The van der Waals surface area contributed by atoms with Crippen LogP contribution in [-0.2, 0) is 17.6 Å². The Morgan fingerprint density at radius 2 is 1.91 bits per heavy atom. The molecule has 4 nitrogen and oxygen atoms in total. The molecule has 2 N–H and O–H groups in total. The molecule has 0 bridgehead atoms. The number of hydrogen-bond acceptors (Lipinski definition) is 3. The number of carbonyl (C=O) groups excluding carboxylic acids is 1. The van der Waals surface area contributed by atoms with E-state index >= 15 is 0 Å². The minimum absolute atomic E-state index is 0.0166. The highest BCUT2D eigenvalue weighted by Crippen LogP contribution is 2.13. The molecule has 0 fully saturated rings. The van der Waals surface area contributed by atoms with Gasteiger partial charge in [0, 0.05) is 6.54 Å². The minimum Gasteiger partial charge on any atom is -0.508 e. The summed E-state index contributed by atoms with van der Waals surface area (Å²) in [7, 11) is 0. The summed E-state index contributed by atoms with van der Waals surface area (Å²) in [5.41, 5.74) is 2.25. The van der Waals surface area contributed by atoms with Crippen LogP contribution in [0.15, 0.2) is 48.5 Å². The number of carbonyl (C=O) groups is 1. The first-order valence-corrected chi connectivity index (χ1v) is 7.43. The van der Waals surface area contributed by atoms with E-state index in [1.165, 1.54) is 5.56 Å². The van der Waals surface area contributed by atoms with Gasteiger partial charge in [-0.25, -0.2) is 0 Å². The summed E-state index contributed by atoms with van der Waals surface area (Å²) < 4.78 is 5.48. The number of aryl methyl sites for hydroxylation is 1. The van der Waals surface area contributed by atoms with Gasteiger partial charge in [0.05, 0.1) is 0 Å². The van der Waals surface area contributed by atoms with E-state index in [4.69, 9.17) is 4.74 Å². The van der Waals surface area contributed by atoms with Gasteiger partial charge in [0.2, 0.25) is 0 Å². The van der Waals surface area contributed by atoms with E-state index in [1.54, 1.807) is 12.1 Å². The van der Waals surface area contributed by atoms with Crippen molar-refractivity contribution < 1.29 is 14.6 Å². The third kappa shape index (κ3) is 5.13. The van der Waals surface area contributed by atoms with Crippen LogP contribution in [0.5, 0.6) is 11.5 Å². The van der Waals surface area contributed by atoms with Crippen molar-refractivity contribution in [1.82, 2.24) is 5.32 Å². The third-order valence-electron chi connectivity index (χ3n) is 3.35. The third-order valence-corrected chi connectivity index (χ3v) is 3.35. The Hall–Kier alpha value is -2.49. The Morgan fingerprint density at radius 1 is 1.14 bits per heavy atom. The maximum Gasteiger partial charge on any atom is 0.257 e. The highest BCUT2D eigenvalue weighted by molar-refractivity contribution is 5.77. The molecule has 4 heteroatoms. The smallest absolute Gasteiger partial charge is 0.257 e. The van der Waals surface area contributed by atoms with Crippen LogP contribution in [0.3, 0.4) is 0 Å². The summed E-state index contributed by atoms with van der Waals surface area (Å²) in [5.74, 6) is 0.823. The fraction of sp³-hybridized carbons (Fsp3) is 0.278. The second-order valence-corrected chi connectivity index (χ2v) is 5.06. The lowest BCUT2D eigenvalue weighted by atomic mass is 10.1. The molecule has 0 unspecified atom stereocenters. The van der Waals surface area contributed by atoms with Crippen LogP contribution >= 0.6 is 0 Å². The lowest BCUT2D eigenvalue weighted by molar-refractivity contribution is -0.123. The summed E-state index contributed by atoms with van der Waals surface area (Å²) in [6.07, 6.45) is 1.66. The maximum atomic E-state index is 11.7. The van der Waals surface area contributed by atoms with Crippen LogP contribution in [0.1, 0.15) is 18.1 Å². The second-order valence-electron chi connectivity index (χ2n) is 5.06. The molecule has 0 aromatic heterocycles. The summed E-state index contributed by atoms with van der Waals surface area (Å²) in [6, 6.07) is 14.7. The van der Waals surface area contributed by atoms with Crippen LogP contribution < -0.4 is 10.1 Å². The maximum absolute atomic E-state index is 11.7. The predicted molar refractivity (Wildman–Crippen MR) is 86.1 cm³/mol. The van der Waals surface area contributed by atoms with Crippen molar-refractivity contribution in [1.29, 1.82) is 0 Å². The number of rotatable bonds is 7. The van der Waals surface area contributed by atoms with E-state index in [0.29, 0.717) is 12.3 Å². The number of phenolic OH excluding ortho intramolecular Hbond substituents is 1. The quantitative estimate of drug-likeness (QED) is 0.826. The summed E-state index contributed by atoms with van der Waals surface area (Å²) in [4.78, 5) is 11.7. The standard InChI is InChI=1S/C18H21NO3/c1-2-14-4-3-5-17(12-14)22-13-18(21)19-11-10-15-6-8-16(20)9-7-15/h3-9,12,20H,2,10-11,13H2,1H3,(H,19,21). The average Bonchev–Trinajstić information content (AvgIpc) is 2.55. The second kappa shape index (κ2) is 8.08. The molecular weight excluding hydrogens is 278 g/mol. The zero-order valence-electron chi connectivity index (χ0n) is 12.7. The highest BCUT2D eigenvalue weighted by Gasteiger charge is 2.03. The van der Waals surface area contributed by atoms with Gasteiger partial charge in [-0.3, -0.25) is 4.79 Å². The van der Waals surface area contributed by atoms with Gasteiger partial charge in [0.15, 0.2) is 6.61 Å². The molecule has 1 amide bonds. The van der Waals surface area contributed by atoms with Gasteiger partial charge in [-0.15, -0.1) is 0 Å². The summed E-state index contributed by atoms with van der Waals surface area (Å²) in [6.45, 7) is 2.64. The molecule has 0 aliphatic carbocycles. The van der Waals surface area contributed by atoms with Crippen molar-refractivity contribution in [3.8, 4) is 11.5 Å². The van der Waals surface area contributed by atoms with E-state index in [2.05, 4.69) is 12.2 Å². The molecule has 0 aliphatic heterocycles. The molecule has 0 spiro atoms. The SMILES string of the molecule is CCc1cccc(OCC(=O)NCCc2ccc(O)cc2)c1. The number of hydrogen-bond donors (Lipinski definition) is 2. The van der Waals surface area contributed by atoms with Crippen molar-refractivity contribution in [3.63, 3.8) is 0 Å². The number of aromatic hydroxyl groups is 1. The Kier molecular flexibility index (Phi) is 5.83. The Labute approximate surface area is 130 Å². The molecule has 2 aromatic rings. The molecule has 22 heavy (non-hydrogen) atoms. The lowest BCUT2D eigenvalue weighted by Crippen LogP contribution is -2.30. The van der Waals surface area contributed by atoms with Gasteiger partial charge >= 0.3 is 0 Å². The fourth-order valence-electron chi connectivity index (χ4n) is 2.06. The number of ether oxygens (including phenoxy) is 1. The van der Waals surface area contributed by atoms with Gasteiger partial charge in [0.25, 0.3) is 5.91 Å². The molecule has 2 rings (SSSR count). The number of nitrogens with one attached hydrogen (secondary N) is 1. The zero-order valence-corrected chi connectivity index (χ0v) is 12.7. The van der Waals surface area contributed by atoms with Crippen LogP contribution in [-0.4, -0.2) is 24.2 Å². The zero-order chi connectivity index (χ0) is 15.8. The van der Waals surface area contributed by atoms with E-state index in [9.17, 15) is 9.90 Å². The monoisotopic (exact) mass is 299 g/mol. The molecular formula is C18H21NO3. The van der Waals surface area contributed by atoms with Crippen molar-refractivity contribution in [2.75, 3.05) is 13.2 Å². The van der Waals surface area contributed by atoms with Gasteiger partial charge in [-0.1, -0.05) is 31.2 Å². The number of benzene rings is 2. The van der Waals surface area contributed by atoms with Gasteiger partial charge in [-0.05, 0) is 48.2 Å². The Bertz CT molecular complexity index is 608. The van der Waals surface area contributed by atoms with Gasteiger partial charge in [-0.2, -0.15) is 0 Å². The fourth-order valence-corrected chi connectivity index (χ4v) is 2.06. The largest absolute Gasteiger partial charge is 0.508 e. The summed E-state index contributed by atoms with van der Waals surface area (Å²) in [5, 5.41) is 12.0. The van der Waals surface area contributed by atoms with Gasteiger partial charge < -0.3 is 15.2 Å². The predicted octanol–water partition coefficient (Wildman–Crippen LogP) is 2.69. The first-order chi connectivity index (χ1) is 10.7. The molecule has 0 radical (unpaired) electrons. The van der Waals surface area contributed by atoms with E-state index in [0.717, 1.165) is 18.4 Å². The van der Waals surface area contributed by atoms with Crippen molar-refractivity contribution >= 4 is 5.91 Å². The molecule has 0 aliphatic rings. The van der Waals surface area contributed by atoms with E-state index in [-0.39, 0.29) is 18.3 Å². The average molecular weight is 299 g/mol. The van der Waals surface area contributed by atoms with E-state index < -0.39 is 0 Å². The van der Waals surface area contributed by atoms with Crippen LogP contribution in [0.4, 0.5) is 0 Å². The van der Waals surface area contributed by atoms with Crippen LogP contribution in [0, 0.1) is 0 Å². The molecule has 0 saturated heterocycles. The normalized spacial score (nSPS) is 10.2. The number of amides is 1.